The largest absolute Gasteiger partial charge is 0.317 e. The Morgan fingerprint density at radius 1 is 1.03 bits per heavy atom. The third kappa shape index (κ3) is 5.00. The molecule has 0 spiro atoms. The van der Waals surface area contributed by atoms with Gasteiger partial charge in [0.05, 0.1) is 16.6 Å². The third-order valence-electron chi connectivity index (χ3n) is 6.22. The fraction of sp³-hybridized carbons (Fsp3) is 0.269. The van der Waals surface area contributed by atoms with E-state index >= 15 is 0 Å². The fourth-order valence-electron chi connectivity index (χ4n) is 4.55. The summed E-state index contributed by atoms with van der Waals surface area (Å²) in [5.41, 5.74) is 3.08. The summed E-state index contributed by atoms with van der Waals surface area (Å²) in [7, 11) is 0. The number of aromatic nitrogens is 3. The van der Waals surface area contributed by atoms with Crippen molar-refractivity contribution < 1.29 is 8.78 Å². The Balaban J connectivity index is 1.44. The van der Waals surface area contributed by atoms with Crippen LogP contribution in [0.4, 0.5) is 8.78 Å². The number of pyridine rings is 1. The fourth-order valence-corrected chi connectivity index (χ4v) is 4.79. The van der Waals surface area contributed by atoms with Crippen molar-refractivity contribution in [2.45, 2.75) is 25.7 Å². The van der Waals surface area contributed by atoms with Gasteiger partial charge in [-0.05, 0) is 79.7 Å². The number of H-pyrrole nitrogens is 1. The molecule has 8 heteroatoms. The van der Waals surface area contributed by atoms with E-state index in [9.17, 15) is 13.6 Å². The maximum absolute atomic E-state index is 13.5. The molecule has 2 N–H and O–H groups in total. The van der Waals surface area contributed by atoms with E-state index in [-0.39, 0.29) is 5.56 Å². The van der Waals surface area contributed by atoms with Gasteiger partial charge in [0.2, 0.25) is 0 Å². The second kappa shape index (κ2) is 9.60. The van der Waals surface area contributed by atoms with Gasteiger partial charge in [0, 0.05) is 29.3 Å². The van der Waals surface area contributed by atoms with Crippen LogP contribution in [0.15, 0.2) is 53.5 Å². The topological polar surface area (TPSA) is 70.7 Å². The van der Waals surface area contributed by atoms with Crippen LogP contribution in [-0.4, -0.2) is 28.0 Å². The van der Waals surface area contributed by atoms with E-state index in [0.717, 1.165) is 49.5 Å². The van der Waals surface area contributed by atoms with Gasteiger partial charge >= 0.3 is 0 Å². The number of aromatic amines is 1. The van der Waals surface area contributed by atoms with Gasteiger partial charge in [-0.3, -0.25) is 9.78 Å². The first-order chi connectivity index (χ1) is 16.4. The maximum atomic E-state index is 13.5. The average Bonchev–Trinajstić information content (AvgIpc) is 2.80. The second-order valence-electron chi connectivity index (χ2n) is 8.76. The molecule has 1 aliphatic heterocycles. The van der Waals surface area contributed by atoms with Gasteiger partial charge < -0.3 is 10.3 Å². The van der Waals surface area contributed by atoms with E-state index in [1.807, 2.05) is 12.1 Å². The zero-order chi connectivity index (χ0) is 23.7. The van der Waals surface area contributed by atoms with Crippen LogP contribution in [0.5, 0.6) is 0 Å². The SMILES string of the molecule is O=c1[nH]c(Cc2ccc(-c3cc(F)cc(F)c3)nc2)nc2c(CC3CCNCC3)cc(Cl)cc12. The Labute approximate surface area is 200 Å². The Hall–Kier alpha value is -3.16. The Kier molecular flexibility index (Phi) is 6.39. The van der Waals surface area contributed by atoms with Crippen LogP contribution in [0.2, 0.25) is 5.02 Å². The van der Waals surface area contributed by atoms with Gasteiger partial charge in [-0.1, -0.05) is 17.7 Å². The Bertz CT molecular complexity index is 1380. The van der Waals surface area contributed by atoms with Crippen LogP contribution in [0, 0.1) is 17.6 Å². The van der Waals surface area contributed by atoms with E-state index in [1.54, 1.807) is 18.3 Å². The monoisotopic (exact) mass is 480 g/mol. The van der Waals surface area contributed by atoms with Crippen molar-refractivity contribution in [2.24, 2.45) is 5.92 Å². The lowest BCUT2D eigenvalue weighted by Gasteiger charge is -2.23. The van der Waals surface area contributed by atoms with Crippen molar-refractivity contribution in [1.29, 1.82) is 0 Å². The minimum Gasteiger partial charge on any atom is -0.317 e. The van der Waals surface area contributed by atoms with Gasteiger partial charge in [0.15, 0.2) is 0 Å². The zero-order valence-corrected chi connectivity index (χ0v) is 19.1. The first-order valence-corrected chi connectivity index (χ1v) is 11.7. The molecule has 4 aromatic rings. The van der Waals surface area contributed by atoms with Crippen LogP contribution >= 0.6 is 11.6 Å². The molecule has 2 aromatic heterocycles. The number of nitrogens with one attached hydrogen (secondary N) is 2. The predicted molar refractivity (Wildman–Crippen MR) is 129 cm³/mol. The summed E-state index contributed by atoms with van der Waals surface area (Å²) in [5.74, 6) is -0.256. The molecule has 1 fully saturated rings. The molecule has 0 amide bonds. The molecule has 0 unspecified atom stereocenters. The summed E-state index contributed by atoms with van der Waals surface area (Å²) in [5, 5.41) is 4.39. The lowest BCUT2D eigenvalue weighted by molar-refractivity contribution is 0.373. The molecule has 2 aromatic carbocycles. The van der Waals surface area contributed by atoms with E-state index in [4.69, 9.17) is 16.6 Å². The normalized spacial score (nSPS) is 14.6. The Morgan fingerprint density at radius 3 is 2.50 bits per heavy atom. The molecule has 3 heterocycles. The second-order valence-corrected chi connectivity index (χ2v) is 9.19. The van der Waals surface area contributed by atoms with Gasteiger partial charge in [-0.2, -0.15) is 0 Å². The van der Waals surface area contributed by atoms with Gasteiger partial charge in [0.25, 0.3) is 5.56 Å². The summed E-state index contributed by atoms with van der Waals surface area (Å²) in [6, 6.07) is 10.4. The predicted octanol–water partition coefficient (Wildman–Crippen LogP) is 5.05. The van der Waals surface area contributed by atoms with E-state index in [2.05, 4.69) is 15.3 Å². The highest BCUT2D eigenvalue weighted by Crippen LogP contribution is 2.26. The summed E-state index contributed by atoms with van der Waals surface area (Å²) in [4.78, 5) is 24.8. The molecule has 0 aliphatic carbocycles. The van der Waals surface area contributed by atoms with Crippen molar-refractivity contribution in [3.05, 3.63) is 92.6 Å². The smallest absolute Gasteiger partial charge is 0.258 e. The molecule has 174 valence electrons. The molecule has 34 heavy (non-hydrogen) atoms. The summed E-state index contributed by atoms with van der Waals surface area (Å²) in [6.45, 7) is 1.99. The lowest BCUT2D eigenvalue weighted by atomic mass is 9.90. The first-order valence-electron chi connectivity index (χ1n) is 11.3. The van der Waals surface area contributed by atoms with Crippen LogP contribution < -0.4 is 10.9 Å². The van der Waals surface area contributed by atoms with E-state index < -0.39 is 11.6 Å². The van der Waals surface area contributed by atoms with Crippen LogP contribution in [0.3, 0.4) is 0 Å². The van der Waals surface area contributed by atoms with Crippen molar-refractivity contribution in [3.8, 4) is 11.3 Å². The molecular weight excluding hydrogens is 458 g/mol. The van der Waals surface area contributed by atoms with Crippen molar-refractivity contribution in [2.75, 3.05) is 13.1 Å². The number of hydrogen-bond acceptors (Lipinski definition) is 4. The molecule has 0 saturated carbocycles. The van der Waals surface area contributed by atoms with Crippen molar-refractivity contribution in [3.63, 3.8) is 0 Å². The molecule has 5 nitrogen and oxygen atoms in total. The minimum absolute atomic E-state index is 0.228. The van der Waals surface area contributed by atoms with Crippen LogP contribution in [-0.2, 0) is 12.8 Å². The summed E-state index contributed by atoms with van der Waals surface area (Å²) in [6.07, 6.45) is 4.98. The standard InChI is InChI=1S/C26H23ClF2N4O/c27-19-9-18(7-15-3-5-30-6-4-15)25-22(12-19)26(34)33-24(32-25)8-16-1-2-23(31-14-16)17-10-20(28)13-21(29)11-17/h1-2,9-15,30H,3-8H2,(H,32,33,34). The lowest BCUT2D eigenvalue weighted by Crippen LogP contribution is -2.28. The molecule has 0 bridgehead atoms. The van der Waals surface area contributed by atoms with Crippen molar-refractivity contribution in [1.82, 2.24) is 20.3 Å². The number of rotatable bonds is 5. The highest BCUT2D eigenvalue weighted by Gasteiger charge is 2.18. The molecule has 0 atom stereocenters. The highest BCUT2D eigenvalue weighted by atomic mass is 35.5. The minimum atomic E-state index is -0.654. The third-order valence-corrected chi connectivity index (χ3v) is 6.44. The van der Waals surface area contributed by atoms with Crippen molar-refractivity contribution >= 4 is 22.5 Å². The number of hydrogen-bond donors (Lipinski definition) is 2. The zero-order valence-electron chi connectivity index (χ0n) is 18.4. The number of fused-ring (bicyclic) bond motifs is 1. The summed E-state index contributed by atoms with van der Waals surface area (Å²) < 4.78 is 27.1. The molecular formula is C26H23ClF2N4O. The van der Waals surface area contributed by atoms with Crippen LogP contribution in [0.1, 0.15) is 29.8 Å². The van der Waals surface area contributed by atoms with E-state index in [0.29, 0.717) is 45.3 Å². The average molecular weight is 481 g/mol. The quantitative estimate of drug-likeness (QED) is 0.419. The maximum Gasteiger partial charge on any atom is 0.258 e. The molecule has 1 aliphatic rings. The Morgan fingerprint density at radius 2 is 1.79 bits per heavy atom. The van der Waals surface area contributed by atoms with Gasteiger partial charge in [-0.15, -0.1) is 0 Å². The van der Waals surface area contributed by atoms with Gasteiger partial charge in [-0.25, -0.2) is 13.8 Å². The summed E-state index contributed by atoms with van der Waals surface area (Å²) >= 11 is 6.32. The van der Waals surface area contributed by atoms with E-state index in [1.165, 1.54) is 12.1 Å². The number of nitrogens with zero attached hydrogens (tertiary/aromatic N) is 2. The van der Waals surface area contributed by atoms with Crippen LogP contribution in [0.25, 0.3) is 22.2 Å². The first kappa shape index (κ1) is 22.6. The highest BCUT2D eigenvalue weighted by molar-refractivity contribution is 6.31. The number of piperidine rings is 1. The number of benzene rings is 2. The molecule has 5 rings (SSSR count). The molecule has 1 saturated heterocycles. The number of halogens is 3. The molecule has 0 radical (unpaired) electrons. The van der Waals surface area contributed by atoms with Gasteiger partial charge in [0.1, 0.15) is 17.5 Å².